The van der Waals surface area contributed by atoms with Crippen LogP contribution in [-0.4, -0.2) is 43.4 Å². The largest absolute Gasteiger partial charge is 0.494 e. The predicted molar refractivity (Wildman–Crippen MR) is 185 cm³/mol. The Hall–Kier alpha value is -5.41. The molecule has 0 radical (unpaired) electrons. The van der Waals surface area contributed by atoms with Gasteiger partial charge in [-0.05, 0) is 70.8 Å². The standard InChI is InChI=1S/C36H31FN2O9S2/c37-25-5-1-3-23(17-25)29(40)19-46-27-13-9-22(10-14-27)16-32-34(43)39(36(45)50-32)48-28-6-2-4-24(18-28)30(41)20-47-26-11-7-21(8-12-26)15-31-33(42)38-35(44)49-31/h1-14,17-18,29-30,40-43H,15-16,19-20H2,(H,38,44). The summed E-state index contributed by atoms with van der Waals surface area (Å²) in [7, 11) is 0. The van der Waals surface area contributed by atoms with Crippen LogP contribution in [0.25, 0.3) is 0 Å². The van der Waals surface area contributed by atoms with E-state index >= 15 is 0 Å². The molecule has 11 nitrogen and oxygen atoms in total. The van der Waals surface area contributed by atoms with Gasteiger partial charge in [-0.15, -0.1) is 0 Å². The summed E-state index contributed by atoms with van der Waals surface area (Å²) in [6.07, 6.45) is -1.42. The molecule has 0 saturated heterocycles. The highest BCUT2D eigenvalue weighted by Crippen LogP contribution is 2.28. The number of thiazole rings is 2. The second-order valence-electron chi connectivity index (χ2n) is 11.2. The maximum Gasteiger partial charge on any atom is 0.344 e. The number of halogens is 1. The zero-order valence-electron chi connectivity index (χ0n) is 26.2. The molecule has 50 heavy (non-hydrogen) atoms. The van der Waals surface area contributed by atoms with E-state index in [9.17, 15) is 34.4 Å². The Morgan fingerprint density at radius 2 is 1.26 bits per heavy atom. The Morgan fingerprint density at radius 1 is 0.700 bits per heavy atom. The fourth-order valence-electron chi connectivity index (χ4n) is 4.98. The number of ether oxygens (including phenoxy) is 2. The molecule has 258 valence electrons. The molecule has 2 aromatic heterocycles. The van der Waals surface area contributed by atoms with Gasteiger partial charge in [0.15, 0.2) is 5.75 Å². The average Bonchev–Trinajstić information content (AvgIpc) is 3.57. The molecule has 0 bridgehead atoms. The molecule has 0 aliphatic carbocycles. The van der Waals surface area contributed by atoms with Crippen molar-refractivity contribution in [1.82, 2.24) is 9.71 Å². The number of aliphatic hydroxyl groups is 2. The van der Waals surface area contributed by atoms with Crippen molar-refractivity contribution < 1.29 is 39.1 Å². The van der Waals surface area contributed by atoms with Gasteiger partial charge in [-0.25, -0.2) is 4.39 Å². The van der Waals surface area contributed by atoms with Crippen molar-refractivity contribution in [2.75, 3.05) is 13.2 Å². The van der Waals surface area contributed by atoms with Crippen LogP contribution in [0.15, 0.2) is 107 Å². The van der Waals surface area contributed by atoms with Gasteiger partial charge in [0.1, 0.15) is 42.7 Å². The van der Waals surface area contributed by atoms with Crippen LogP contribution in [0.3, 0.4) is 0 Å². The number of nitrogens with one attached hydrogen (secondary N) is 1. The van der Waals surface area contributed by atoms with Gasteiger partial charge < -0.3 is 34.7 Å². The number of aromatic amines is 1. The van der Waals surface area contributed by atoms with Gasteiger partial charge >= 0.3 is 9.75 Å². The van der Waals surface area contributed by atoms with E-state index in [1.165, 1.54) is 18.2 Å². The summed E-state index contributed by atoms with van der Waals surface area (Å²) in [5, 5.41) is 41.7. The van der Waals surface area contributed by atoms with E-state index in [4.69, 9.17) is 14.3 Å². The van der Waals surface area contributed by atoms with Gasteiger partial charge in [0.2, 0.25) is 11.8 Å². The molecule has 0 saturated carbocycles. The molecule has 0 fully saturated rings. The number of benzene rings is 4. The third-order valence-corrected chi connectivity index (χ3v) is 9.37. The van der Waals surface area contributed by atoms with Crippen molar-refractivity contribution in [2.45, 2.75) is 25.0 Å². The highest BCUT2D eigenvalue weighted by Gasteiger charge is 2.18. The van der Waals surface area contributed by atoms with Crippen molar-refractivity contribution in [3.63, 3.8) is 0 Å². The molecule has 2 atom stereocenters. The van der Waals surface area contributed by atoms with Gasteiger partial charge in [-0.1, -0.05) is 75.9 Å². The van der Waals surface area contributed by atoms with E-state index in [-0.39, 0.29) is 42.0 Å². The Morgan fingerprint density at radius 3 is 1.82 bits per heavy atom. The van der Waals surface area contributed by atoms with E-state index in [0.717, 1.165) is 38.5 Å². The molecule has 0 aliphatic rings. The van der Waals surface area contributed by atoms with Crippen molar-refractivity contribution in [3.8, 4) is 29.0 Å². The monoisotopic (exact) mass is 718 g/mol. The Balaban J connectivity index is 1.02. The minimum Gasteiger partial charge on any atom is -0.494 e. The summed E-state index contributed by atoms with van der Waals surface area (Å²) in [5.74, 6) is 0.277. The summed E-state index contributed by atoms with van der Waals surface area (Å²) in [5.41, 5.74) is 2.52. The molecule has 0 amide bonds. The lowest BCUT2D eigenvalue weighted by Gasteiger charge is -2.14. The number of hydrogen-bond acceptors (Lipinski definition) is 11. The zero-order valence-corrected chi connectivity index (χ0v) is 27.8. The fourth-order valence-corrected chi connectivity index (χ4v) is 6.57. The molecule has 2 unspecified atom stereocenters. The summed E-state index contributed by atoms with van der Waals surface area (Å²) >= 11 is 1.78. The summed E-state index contributed by atoms with van der Waals surface area (Å²) in [6.45, 7) is -0.145. The summed E-state index contributed by atoms with van der Waals surface area (Å²) in [6, 6.07) is 26.1. The first-order valence-electron chi connectivity index (χ1n) is 15.3. The van der Waals surface area contributed by atoms with Crippen molar-refractivity contribution in [1.29, 1.82) is 0 Å². The number of nitrogens with zero attached hydrogens (tertiary/aromatic N) is 1. The third kappa shape index (κ3) is 8.59. The van der Waals surface area contributed by atoms with Crippen LogP contribution in [0, 0.1) is 5.82 Å². The molecule has 0 spiro atoms. The maximum atomic E-state index is 13.4. The second kappa shape index (κ2) is 15.4. The summed E-state index contributed by atoms with van der Waals surface area (Å²) < 4.78 is 25.6. The average molecular weight is 719 g/mol. The van der Waals surface area contributed by atoms with Crippen LogP contribution >= 0.6 is 22.7 Å². The van der Waals surface area contributed by atoms with Crippen LogP contribution in [-0.2, 0) is 12.8 Å². The van der Waals surface area contributed by atoms with Gasteiger partial charge in [-0.3, -0.25) is 14.6 Å². The highest BCUT2D eigenvalue weighted by molar-refractivity contribution is 7.09. The molecular formula is C36H31FN2O9S2. The van der Waals surface area contributed by atoms with Gasteiger partial charge in [0, 0.05) is 12.8 Å². The molecule has 14 heteroatoms. The van der Waals surface area contributed by atoms with E-state index in [2.05, 4.69) is 4.98 Å². The lowest BCUT2D eigenvalue weighted by atomic mass is 10.1. The maximum absolute atomic E-state index is 13.4. The van der Waals surface area contributed by atoms with E-state index in [1.807, 2.05) is 0 Å². The van der Waals surface area contributed by atoms with Crippen LogP contribution in [0.5, 0.6) is 29.0 Å². The number of H-pyrrole nitrogens is 1. The minimum absolute atomic E-state index is 0.0695. The number of aromatic nitrogens is 2. The molecule has 6 aromatic rings. The lowest BCUT2D eigenvalue weighted by molar-refractivity contribution is 0.107. The molecule has 6 rings (SSSR count). The Labute approximate surface area is 292 Å². The van der Waals surface area contributed by atoms with Crippen molar-refractivity contribution in [3.05, 3.63) is 154 Å². The number of rotatable bonds is 14. The normalized spacial score (nSPS) is 12.4. The topological polar surface area (TPSA) is 163 Å². The number of hydrogen-bond donors (Lipinski definition) is 5. The molecule has 0 aliphatic heterocycles. The van der Waals surface area contributed by atoms with Crippen molar-refractivity contribution in [2.24, 2.45) is 0 Å². The van der Waals surface area contributed by atoms with Gasteiger partial charge in [0.05, 0.1) is 9.75 Å². The molecule has 5 N–H and O–H groups in total. The quantitative estimate of drug-likeness (QED) is 0.0985. The smallest absolute Gasteiger partial charge is 0.344 e. The van der Waals surface area contributed by atoms with E-state index in [0.29, 0.717) is 38.8 Å². The fraction of sp³-hybridized carbons (Fsp3) is 0.167. The van der Waals surface area contributed by atoms with Crippen LogP contribution in [0.1, 0.15) is 44.2 Å². The third-order valence-electron chi connectivity index (χ3n) is 7.58. The second-order valence-corrected chi connectivity index (χ2v) is 13.3. The first-order chi connectivity index (χ1) is 24.1. The lowest BCUT2D eigenvalue weighted by Crippen LogP contribution is -2.18. The first kappa shape index (κ1) is 34.5. The van der Waals surface area contributed by atoms with E-state index < -0.39 is 22.9 Å². The number of aliphatic hydroxyl groups excluding tert-OH is 2. The Kier molecular flexibility index (Phi) is 10.6. The van der Waals surface area contributed by atoms with Crippen molar-refractivity contribution >= 4 is 22.7 Å². The van der Waals surface area contributed by atoms with E-state index in [1.54, 1.807) is 78.9 Å². The predicted octanol–water partition coefficient (Wildman–Crippen LogP) is 5.46. The SMILES string of the molecule is O=c1[nH]c(O)c(Cc2ccc(OCC(O)c3cccc(On4c(O)c(Cc5ccc(OCC(O)c6cccc(F)c6)cc5)sc4=O)c3)cc2)s1. The van der Waals surface area contributed by atoms with Crippen LogP contribution < -0.4 is 24.1 Å². The molecule has 4 aromatic carbocycles. The minimum atomic E-state index is -1.03. The van der Waals surface area contributed by atoms with Crippen LogP contribution in [0.4, 0.5) is 4.39 Å². The Bertz CT molecular complexity index is 2180. The summed E-state index contributed by atoms with van der Waals surface area (Å²) in [4.78, 5) is 32.3. The van der Waals surface area contributed by atoms with Gasteiger partial charge in [-0.2, -0.15) is 0 Å². The number of aromatic hydroxyl groups is 2. The highest BCUT2D eigenvalue weighted by atomic mass is 32.1. The molecule has 2 heterocycles. The van der Waals surface area contributed by atoms with Crippen LogP contribution in [0.2, 0.25) is 0 Å². The molecular weight excluding hydrogens is 688 g/mol. The zero-order chi connectivity index (χ0) is 35.2. The first-order valence-corrected chi connectivity index (χ1v) is 16.9. The van der Waals surface area contributed by atoms with Gasteiger partial charge in [0.25, 0.3) is 0 Å².